The lowest BCUT2D eigenvalue weighted by Gasteiger charge is -2.11. The van der Waals surface area contributed by atoms with E-state index in [0.29, 0.717) is 0 Å². The number of hydrogen-bond donors (Lipinski definition) is 2. The van der Waals surface area contributed by atoms with Crippen molar-refractivity contribution >= 4 is 33.4 Å². The Hall–Kier alpha value is -1.13. The summed E-state index contributed by atoms with van der Waals surface area (Å²) in [6.07, 6.45) is 0. The van der Waals surface area contributed by atoms with Crippen LogP contribution in [0.1, 0.15) is 12.5 Å². The molecule has 0 saturated heterocycles. The number of phenolic OH excluding ortho intramolecular Hbond substituents is 1. The van der Waals surface area contributed by atoms with Gasteiger partial charge in [-0.1, -0.05) is 25.1 Å². The van der Waals surface area contributed by atoms with Gasteiger partial charge in [-0.2, -0.15) is 0 Å². The molecule has 0 aliphatic heterocycles. The summed E-state index contributed by atoms with van der Waals surface area (Å²) < 4.78 is 0.725. The maximum atomic E-state index is 9.47. The average Bonchev–Trinajstić information content (AvgIpc) is 2.42. The highest BCUT2D eigenvalue weighted by Crippen LogP contribution is 2.28. The van der Waals surface area contributed by atoms with Crippen LogP contribution in [0.25, 0.3) is 0 Å². The predicted octanol–water partition coefficient (Wildman–Crippen LogP) is 4.88. The summed E-state index contributed by atoms with van der Waals surface area (Å²) in [5.41, 5.74) is 2.28. The van der Waals surface area contributed by atoms with Gasteiger partial charge in [0.2, 0.25) is 0 Å². The van der Waals surface area contributed by atoms with Crippen molar-refractivity contribution in [2.75, 3.05) is 11.1 Å². The van der Waals surface area contributed by atoms with Gasteiger partial charge in [-0.05, 0) is 51.5 Å². The van der Waals surface area contributed by atoms with E-state index < -0.39 is 0 Å². The Bertz CT molecular complexity index is 560. The Morgan fingerprint density at radius 2 is 2.00 bits per heavy atom. The number of nitrogens with one attached hydrogen (secondary N) is 1. The minimum absolute atomic E-state index is 0.269. The van der Waals surface area contributed by atoms with Gasteiger partial charge in [-0.3, -0.25) is 0 Å². The Morgan fingerprint density at radius 1 is 1.21 bits per heavy atom. The summed E-state index contributed by atoms with van der Waals surface area (Å²) in [7, 11) is 0. The van der Waals surface area contributed by atoms with E-state index in [2.05, 4.69) is 46.4 Å². The van der Waals surface area contributed by atoms with Crippen LogP contribution in [0, 0.1) is 0 Å². The van der Waals surface area contributed by atoms with Crippen LogP contribution in [0.3, 0.4) is 0 Å². The Labute approximate surface area is 126 Å². The molecular formula is C15H16BrNOS. The summed E-state index contributed by atoms with van der Waals surface area (Å²) in [5.74, 6) is 1.33. The summed E-state index contributed by atoms with van der Waals surface area (Å²) >= 11 is 5.16. The van der Waals surface area contributed by atoms with E-state index in [1.165, 1.54) is 4.90 Å². The van der Waals surface area contributed by atoms with Gasteiger partial charge in [0.05, 0.1) is 4.47 Å². The van der Waals surface area contributed by atoms with Crippen LogP contribution in [0.5, 0.6) is 5.75 Å². The first-order valence-electron chi connectivity index (χ1n) is 6.13. The highest BCUT2D eigenvalue weighted by atomic mass is 79.9. The molecule has 0 atom stereocenters. The third kappa shape index (κ3) is 3.91. The molecule has 0 unspecified atom stereocenters. The molecule has 4 heteroatoms. The molecule has 100 valence electrons. The van der Waals surface area contributed by atoms with Gasteiger partial charge in [0, 0.05) is 17.1 Å². The van der Waals surface area contributed by atoms with Crippen molar-refractivity contribution in [2.45, 2.75) is 18.4 Å². The molecule has 0 aliphatic carbocycles. The SMILES string of the molecule is CCSc1ccccc1NCc1ccc(O)c(Br)c1. The van der Waals surface area contributed by atoms with Crippen molar-refractivity contribution < 1.29 is 5.11 Å². The lowest BCUT2D eigenvalue weighted by Crippen LogP contribution is -2.00. The van der Waals surface area contributed by atoms with Crippen molar-refractivity contribution in [2.24, 2.45) is 0 Å². The smallest absolute Gasteiger partial charge is 0.129 e. The molecule has 19 heavy (non-hydrogen) atoms. The van der Waals surface area contributed by atoms with E-state index in [1.807, 2.05) is 30.0 Å². The fourth-order valence-corrected chi connectivity index (χ4v) is 2.96. The maximum Gasteiger partial charge on any atom is 0.129 e. The normalized spacial score (nSPS) is 10.4. The number of thioether (sulfide) groups is 1. The van der Waals surface area contributed by atoms with Crippen molar-refractivity contribution in [3.05, 3.63) is 52.5 Å². The standard InChI is InChI=1S/C15H16BrNOS/c1-2-19-15-6-4-3-5-13(15)17-10-11-7-8-14(18)12(16)9-11/h3-9,17-18H,2,10H2,1H3. The molecule has 0 amide bonds. The second-order valence-electron chi connectivity index (χ2n) is 4.07. The minimum Gasteiger partial charge on any atom is -0.507 e. The Balaban J connectivity index is 2.07. The lowest BCUT2D eigenvalue weighted by molar-refractivity contribution is 0.471. The van der Waals surface area contributed by atoms with E-state index in [-0.39, 0.29) is 5.75 Å². The van der Waals surface area contributed by atoms with Crippen LogP contribution in [0.15, 0.2) is 51.8 Å². The number of anilines is 1. The highest BCUT2D eigenvalue weighted by molar-refractivity contribution is 9.10. The molecular weight excluding hydrogens is 322 g/mol. The first-order chi connectivity index (χ1) is 9.20. The molecule has 2 aromatic rings. The van der Waals surface area contributed by atoms with E-state index in [1.54, 1.807) is 6.07 Å². The van der Waals surface area contributed by atoms with Gasteiger partial charge in [0.1, 0.15) is 5.75 Å². The van der Waals surface area contributed by atoms with E-state index in [9.17, 15) is 5.11 Å². The minimum atomic E-state index is 0.269. The number of para-hydroxylation sites is 1. The number of aromatic hydroxyl groups is 1. The lowest BCUT2D eigenvalue weighted by atomic mass is 10.2. The quantitative estimate of drug-likeness (QED) is 0.762. The van der Waals surface area contributed by atoms with Crippen LogP contribution in [-0.4, -0.2) is 10.9 Å². The molecule has 0 saturated carbocycles. The Morgan fingerprint density at radius 3 is 2.74 bits per heavy atom. The van der Waals surface area contributed by atoms with E-state index >= 15 is 0 Å². The highest BCUT2D eigenvalue weighted by Gasteiger charge is 2.03. The second kappa shape index (κ2) is 6.87. The molecule has 0 radical (unpaired) electrons. The number of rotatable bonds is 5. The fraction of sp³-hybridized carbons (Fsp3) is 0.200. The zero-order valence-corrected chi connectivity index (χ0v) is 13.1. The van der Waals surface area contributed by atoms with E-state index in [0.717, 1.165) is 28.0 Å². The van der Waals surface area contributed by atoms with Gasteiger partial charge < -0.3 is 10.4 Å². The number of benzene rings is 2. The van der Waals surface area contributed by atoms with Gasteiger partial charge >= 0.3 is 0 Å². The predicted molar refractivity (Wildman–Crippen MR) is 86.0 cm³/mol. The topological polar surface area (TPSA) is 32.3 Å². The maximum absolute atomic E-state index is 9.47. The van der Waals surface area contributed by atoms with Gasteiger partial charge in [-0.15, -0.1) is 11.8 Å². The zero-order chi connectivity index (χ0) is 13.7. The third-order valence-corrected chi connectivity index (χ3v) is 4.27. The van der Waals surface area contributed by atoms with Crippen LogP contribution >= 0.6 is 27.7 Å². The van der Waals surface area contributed by atoms with Crippen LogP contribution < -0.4 is 5.32 Å². The molecule has 2 nitrogen and oxygen atoms in total. The fourth-order valence-electron chi connectivity index (χ4n) is 1.75. The molecule has 0 aliphatic rings. The summed E-state index contributed by atoms with van der Waals surface area (Å²) in [6.45, 7) is 2.89. The molecule has 0 heterocycles. The Kier molecular flexibility index (Phi) is 5.16. The van der Waals surface area contributed by atoms with Crippen molar-refractivity contribution in [3.8, 4) is 5.75 Å². The van der Waals surface area contributed by atoms with Gasteiger partial charge in [0.25, 0.3) is 0 Å². The summed E-state index contributed by atoms with van der Waals surface area (Å²) in [6, 6.07) is 13.9. The third-order valence-electron chi connectivity index (χ3n) is 2.68. The molecule has 2 N–H and O–H groups in total. The zero-order valence-electron chi connectivity index (χ0n) is 10.7. The number of phenols is 1. The van der Waals surface area contributed by atoms with Crippen LogP contribution in [0.2, 0.25) is 0 Å². The van der Waals surface area contributed by atoms with Gasteiger partial charge in [0.15, 0.2) is 0 Å². The van der Waals surface area contributed by atoms with Crippen molar-refractivity contribution in [1.29, 1.82) is 0 Å². The first-order valence-corrected chi connectivity index (χ1v) is 7.91. The molecule has 2 rings (SSSR count). The monoisotopic (exact) mass is 337 g/mol. The van der Waals surface area contributed by atoms with Crippen molar-refractivity contribution in [1.82, 2.24) is 0 Å². The van der Waals surface area contributed by atoms with Crippen LogP contribution in [0.4, 0.5) is 5.69 Å². The summed E-state index contributed by atoms with van der Waals surface area (Å²) in [5, 5.41) is 12.9. The van der Waals surface area contributed by atoms with Gasteiger partial charge in [-0.25, -0.2) is 0 Å². The largest absolute Gasteiger partial charge is 0.507 e. The van der Waals surface area contributed by atoms with Crippen molar-refractivity contribution in [3.63, 3.8) is 0 Å². The second-order valence-corrected chi connectivity index (χ2v) is 6.23. The molecule has 0 spiro atoms. The average molecular weight is 338 g/mol. The molecule has 0 bridgehead atoms. The number of hydrogen-bond acceptors (Lipinski definition) is 3. The number of halogens is 1. The molecule has 0 aromatic heterocycles. The first kappa shape index (κ1) is 14.3. The summed E-state index contributed by atoms with van der Waals surface area (Å²) in [4.78, 5) is 1.27. The molecule has 2 aromatic carbocycles. The van der Waals surface area contributed by atoms with E-state index in [4.69, 9.17) is 0 Å². The van der Waals surface area contributed by atoms with Crippen LogP contribution in [-0.2, 0) is 6.54 Å². The molecule has 0 fully saturated rings.